The van der Waals surface area contributed by atoms with Gasteiger partial charge in [0.1, 0.15) is 5.82 Å². The molecular weight excluding hydrogens is 236 g/mol. The van der Waals surface area contributed by atoms with Crippen LogP contribution >= 0.6 is 0 Å². The first-order chi connectivity index (χ1) is 9.26. The number of anilines is 2. The smallest absolute Gasteiger partial charge is 0.206 e. The zero-order valence-corrected chi connectivity index (χ0v) is 11.1. The van der Waals surface area contributed by atoms with Crippen LogP contribution in [0.4, 0.5) is 11.8 Å². The number of rotatable bonds is 3. The van der Waals surface area contributed by atoms with E-state index in [1.165, 1.54) is 5.56 Å². The van der Waals surface area contributed by atoms with Crippen LogP contribution in [0.2, 0.25) is 0 Å². The quantitative estimate of drug-likeness (QED) is 0.749. The lowest BCUT2D eigenvalue weighted by atomic mass is 10.2. The Hall–Kier alpha value is -2.36. The number of fused-ring (bicyclic) bond motifs is 1. The van der Waals surface area contributed by atoms with E-state index in [1.54, 1.807) is 0 Å². The normalized spacial score (nSPS) is 10.8. The summed E-state index contributed by atoms with van der Waals surface area (Å²) >= 11 is 0. The molecular formula is C15H16N4. The molecule has 19 heavy (non-hydrogen) atoms. The molecule has 2 heterocycles. The molecule has 0 aliphatic carbocycles. The molecule has 0 aliphatic heterocycles. The highest BCUT2D eigenvalue weighted by molar-refractivity contribution is 5.78. The van der Waals surface area contributed by atoms with Gasteiger partial charge in [0.2, 0.25) is 5.95 Å². The third-order valence-corrected chi connectivity index (χ3v) is 3.13. The number of pyridine rings is 1. The minimum absolute atomic E-state index is 0.731. The Morgan fingerprint density at radius 3 is 2.74 bits per heavy atom. The van der Waals surface area contributed by atoms with Gasteiger partial charge in [0.25, 0.3) is 0 Å². The first-order valence-corrected chi connectivity index (χ1v) is 6.44. The van der Waals surface area contributed by atoms with Crippen LogP contribution in [-0.2, 0) is 6.42 Å². The lowest BCUT2D eigenvalue weighted by Gasteiger charge is -2.08. The van der Waals surface area contributed by atoms with E-state index in [1.807, 2.05) is 37.3 Å². The summed E-state index contributed by atoms with van der Waals surface area (Å²) in [4.78, 5) is 12.3. The van der Waals surface area contributed by atoms with Crippen molar-refractivity contribution < 1.29 is 0 Å². The number of nitrogens with one attached hydrogen (secondary N) is 2. The highest BCUT2D eigenvalue weighted by atomic mass is 15.2. The maximum absolute atomic E-state index is 4.54. The van der Waals surface area contributed by atoms with E-state index < -0.39 is 0 Å². The molecule has 0 fully saturated rings. The van der Waals surface area contributed by atoms with Crippen LogP contribution in [0.3, 0.4) is 0 Å². The SMILES string of the molecule is CCc1ccc(C)nc1Nc1nc2ccccc2[nH]1. The molecule has 0 saturated carbocycles. The number of aromatic amines is 1. The maximum Gasteiger partial charge on any atom is 0.206 e. The summed E-state index contributed by atoms with van der Waals surface area (Å²) in [5.41, 5.74) is 4.16. The van der Waals surface area contributed by atoms with Gasteiger partial charge in [-0.25, -0.2) is 9.97 Å². The van der Waals surface area contributed by atoms with Gasteiger partial charge in [-0.05, 0) is 37.1 Å². The van der Waals surface area contributed by atoms with Crippen LogP contribution in [0.5, 0.6) is 0 Å². The van der Waals surface area contributed by atoms with Crippen molar-refractivity contribution in [3.05, 3.63) is 47.7 Å². The molecule has 0 aliphatic rings. The molecule has 2 N–H and O–H groups in total. The van der Waals surface area contributed by atoms with Crippen molar-refractivity contribution in [2.45, 2.75) is 20.3 Å². The molecule has 1 aromatic carbocycles. The van der Waals surface area contributed by atoms with E-state index in [-0.39, 0.29) is 0 Å². The lowest BCUT2D eigenvalue weighted by Crippen LogP contribution is -2.00. The number of aromatic nitrogens is 3. The fourth-order valence-electron chi connectivity index (χ4n) is 2.10. The first-order valence-electron chi connectivity index (χ1n) is 6.44. The monoisotopic (exact) mass is 252 g/mol. The molecule has 0 radical (unpaired) electrons. The maximum atomic E-state index is 4.54. The Balaban J connectivity index is 1.98. The molecule has 0 bridgehead atoms. The topological polar surface area (TPSA) is 53.6 Å². The zero-order valence-electron chi connectivity index (χ0n) is 11.1. The minimum atomic E-state index is 0.731. The number of imidazole rings is 1. The molecule has 2 aromatic heterocycles. The molecule has 3 aromatic rings. The van der Waals surface area contributed by atoms with Gasteiger partial charge in [-0.1, -0.05) is 25.1 Å². The van der Waals surface area contributed by atoms with Crippen molar-refractivity contribution >= 4 is 22.8 Å². The standard InChI is InChI=1S/C15H16N4/c1-3-11-9-8-10(2)16-14(11)19-15-17-12-6-4-5-7-13(12)18-15/h4-9H,3H2,1-2H3,(H2,16,17,18,19). The fraction of sp³-hybridized carbons (Fsp3) is 0.200. The van der Waals surface area contributed by atoms with E-state index in [9.17, 15) is 0 Å². The van der Waals surface area contributed by atoms with Crippen molar-refractivity contribution in [1.82, 2.24) is 15.0 Å². The van der Waals surface area contributed by atoms with Crippen LogP contribution in [0, 0.1) is 6.92 Å². The highest BCUT2D eigenvalue weighted by Gasteiger charge is 2.06. The summed E-state index contributed by atoms with van der Waals surface area (Å²) in [5.74, 6) is 1.61. The van der Waals surface area contributed by atoms with E-state index in [4.69, 9.17) is 0 Å². The molecule has 4 nitrogen and oxygen atoms in total. The fourth-order valence-corrected chi connectivity index (χ4v) is 2.10. The van der Waals surface area contributed by atoms with Gasteiger partial charge in [-0.3, -0.25) is 0 Å². The molecule has 0 amide bonds. The Morgan fingerprint density at radius 1 is 1.11 bits per heavy atom. The van der Waals surface area contributed by atoms with Crippen molar-refractivity contribution in [2.24, 2.45) is 0 Å². The van der Waals surface area contributed by atoms with Gasteiger partial charge in [-0.15, -0.1) is 0 Å². The van der Waals surface area contributed by atoms with Crippen molar-refractivity contribution in [3.8, 4) is 0 Å². The largest absolute Gasteiger partial charge is 0.324 e. The highest BCUT2D eigenvalue weighted by Crippen LogP contribution is 2.20. The Kier molecular flexibility index (Phi) is 2.91. The Labute approximate surface area is 111 Å². The number of benzene rings is 1. The molecule has 0 saturated heterocycles. The summed E-state index contributed by atoms with van der Waals surface area (Å²) in [6, 6.07) is 12.1. The van der Waals surface area contributed by atoms with E-state index in [0.29, 0.717) is 0 Å². The van der Waals surface area contributed by atoms with Crippen molar-refractivity contribution in [1.29, 1.82) is 0 Å². The van der Waals surface area contributed by atoms with E-state index in [0.717, 1.165) is 34.9 Å². The van der Waals surface area contributed by atoms with Crippen LogP contribution in [-0.4, -0.2) is 15.0 Å². The first kappa shape index (κ1) is 11.7. The summed E-state index contributed by atoms with van der Waals surface area (Å²) in [7, 11) is 0. The van der Waals surface area contributed by atoms with Gasteiger partial charge in [0.15, 0.2) is 0 Å². The molecule has 0 unspecified atom stereocenters. The van der Waals surface area contributed by atoms with Crippen LogP contribution in [0.15, 0.2) is 36.4 Å². The summed E-state index contributed by atoms with van der Waals surface area (Å²) in [6.07, 6.45) is 0.940. The third-order valence-electron chi connectivity index (χ3n) is 3.13. The van der Waals surface area contributed by atoms with E-state index >= 15 is 0 Å². The molecule has 0 atom stereocenters. The van der Waals surface area contributed by atoms with Gasteiger partial charge in [0.05, 0.1) is 11.0 Å². The Morgan fingerprint density at radius 2 is 1.95 bits per heavy atom. The molecule has 3 rings (SSSR count). The predicted molar refractivity (Wildman–Crippen MR) is 77.7 cm³/mol. The second kappa shape index (κ2) is 4.72. The average molecular weight is 252 g/mol. The zero-order chi connectivity index (χ0) is 13.2. The minimum Gasteiger partial charge on any atom is -0.324 e. The van der Waals surface area contributed by atoms with Gasteiger partial charge >= 0.3 is 0 Å². The van der Waals surface area contributed by atoms with Gasteiger partial charge in [-0.2, -0.15) is 0 Å². The number of nitrogens with zero attached hydrogens (tertiary/aromatic N) is 2. The van der Waals surface area contributed by atoms with Crippen molar-refractivity contribution in [3.63, 3.8) is 0 Å². The lowest BCUT2D eigenvalue weighted by molar-refractivity contribution is 1.07. The summed E-state index contributed by atoms with van der Waals surface area (Å²) < 4.78 is 0. The predicted octanol–water partition coefficient (Wildman–Crippen LogP) is 3.57. The number of para-hydroxylation sites is 2. The summed E-state index contributed by atoms with van der Waals surface area (Å²) in [6.45, 7) is 4.11. The summed E-state index contributed by atoms with van der Waals surface area (Å²) in [5, 5.41) is 3.28. The second-order valence-corrected chi connectivity index (χ2v) is 4.54. The van der Waals surface area contributed by atoms with Gasteiger partial charge < -0.3 is 10.3 Å². The Bertz CT molecular complexity index is 682. The van der Waals surface area contributed by atoms with Crippen LogP contribution < -0.4 is 5.32 Å². The number of aryl methyl sites for hydroxylation is 2. The van der Waals surface area contributed by atoms with Gasteiger partial charge in [0, 0.05) is 5.69 Å². The van der Waals surface area contributed by atoms with Crippen molar-refractivity contribution in [2.75, 3.05) is 5.32 Å². The molecule has 0 spiro atoms. The second-order valence-electron chi connectivity index (χ2n) is 4.54. The third kappa shape index (κ3) is 2.29. The molecule has 96 valence electrons. The number of H-pyrrole nitrogens is 1. The van der Waals surface area contributed by atoms with Crippen LogP contribution in [0.25, 0.3) is 11.0 Å². The number of hydrogen-bond acceptors (Lipinski definition) is 3. The van der Waals surface area contributed by atoms with Crippen LogP contribution in [0.1, 0.15) is 18.2 Å². The average Bonchev–Trinajstić information content (AvgIpc) is 2.81. The molecule has 4 heteroatoms. The van der Waals surface area contributed by atoms with E-state index in [2.05, 4.69) is 33.3 Å². The number of hydrogen-bond donors (Lipinski definition) is 2.